The highest BCUT2D eigenvalue weighted by Crippen LogP contribution is 2.35. The van der Waals surface area contributed by atoms with Gasteiger partial charge >= 0.3 is 24.3 Å². The third kappa shape index (κ3) is 15.0. The van der Waals surface area contributed by atoms with Gasteiger partial charge in [-0.05, 0) is 33.0 Å². The number of alkyl halides is 6. The number of likely N-dealkylation sites (N-methyl/N-ethyl adjacent to an activating group) is 1. The van der Waals surface area contributed by atoms with Gasteiger partial charge in [-0.25, -0.2) is 28.0 Å². The van der Waals surface area contributed by atoms with E-state index in [2.05, 4.69) is 36.9 Å². The van der Waals surface area contributed by atoms with Crippen molar-refractivity contribution in [3.05, 3.63) is 23.1 Å². The molecule has 3 heterocycles. The molecule has 22 heteroatoms. The minimum absolute atomic E-state index is 0.00611. The molecule has 254 valence electrons. The predicted octanol–water partition coefficient (Wildman–Crippen LogP) is 3.77. The summed E-state index contributed by atoms with van der Waals surface area (Å²) >= 11 is 7.44. The van der Waals surface area contributed by atoms with Gasteiger partial charge in [0.1, 0.15) is 0 Å². The maximum Gasteiger partial charge on any atom is 0.490 e. The lowest BCUT2D eigenvalue weighted by molar-refractivity contribution is -0.193. The van der Waals surface area contributed by atoms with Gasteiger partial charge in [0.2, 0.25) is 15.9 Å². The highest BCUT2D eigenvalue weighted by molar-refractivity contribution is 7.92. The Kier molecular flexibility index (Phi) is 14.9. The fraction of sp³-hybridized carbons (Fsp3) is 0.522. The molecular formula is C23H29ClF6N6O7S2. The zero-order valence-corrected chi connectivity index (χ0v) is 26.2. The molecule has 0 spiro atoms. The van der Waals surface area contributed by atoms with Gasteiger partial charge < -0.3 is 25.3 Å². The zero-order valence-electron chi connectivity index (χ0n) is 23.8. The number of carboxylic acid groups (broad SMARTS) is 2. The second-order valence-electron chi connectivity index (χ2n) is 9.20. The number of amides is 1. The lowest BCUT2D eigenvalue weighted by atomic mass is 10.2. The number of hydrogen-bond acceptors (Lipinski definition) is 10. The Morgan fingerprint density at radius 2 is 1.56 bits per heavy atom. The summed E-state index contributed by atoms with van der Waals surface area (Å²) in [5, 5.41) is 17.5. The molecule has 0 aromatic carbocycles. The van der Waals surface area contributed by atoms with Gasteiger partial charge in [-0.15, -0.1) is 0 Å². The second-order valence-corrected chi connectivity index (χ2v) is 12.4. The van der Waals surface area contributed by atoms with Crippen LogP contribution in [0.4, 0.5) is 37.2 Å². The molecule has 1 fully saturated rings. The Morgan fingerprint density at radius 3 is 2.02 bits per heavy atom. The number of piperazine rings is 1. The van der Waals surface area contributed by atoms with Crippen LogP contribution in [0.5, 0.6) is 0 Å². The summed E-state index contributed by atoms with van der Waals surface area (Å²) < 4.78 is 91.2. The van der Waals surface area contributed by atoms with E-state index in [1.54, 1.807) is 12.3 Å². The Bertz CT molecular complexity index is 1410. The predicted molar refractivity (Wildman–Crippen MR) is 153 cm³/mol. The van der Waals surface area contributed by atoms with Crippen LogP contribution in [0, 0.1) is 6.92 Å². The molecule has 0 unspecified atom stereocenters. The first-order valence-corrected chi connectivity index (χ1v) is 15.3. The number of rotatable bonds is 8. The van der Waals surface area contributed by atoms with E-state index in [0.29, 0.717) is 22.8 Å². The fourth-order valence-corrected chi connectivity index (χ4v) is 5.58. The molecule has 2 aromatic rings. The molecule has 1 amide bonds. The number of halogens is 7. The summed E-state index contributed by atoms with van der Waals surface area (Å²) in [6.07, 6.45) is -8.07. The van der Waals surface area contributed by atoms with Gasteiger partial charge in [0.15, 0.2) is 10.3 Å². The standard InChI is InChI=1S/C19H27ClN6O3S2.2C2HF3O2/c1-13-17(30-19(22-13)23-14(2)27)15-11-16(18(20)21-12-15)24-31(28,29)10-4-5-26-8-6-25(3)7-9-26;2*3-2(4,5)1(6)7/h11-12,24H,4-10H2,1-3H3,(H,22,23,27);2*(H,6,7). The minimum atomic E-state index is -5.08. The molecule has 0 bridgehead atoms. The molecular weight excluding hydrogens is 686 g/mol. The zero-order chi connectivity index (χ0) is 34.8. The second kappa shape index (κ2) is 16.9. The Balaban J connectivity index is 0.000000601. The maximum atomic E-state index is 12.6. The van der Waals surface area contributed by atoms with E-state index in [1.807, 2.05) is 6.92 Å². The molecule has 0 aliphatic carbocycles. The number of carbonyl (C=O) groups is 3. The van der Waals surface area contributed by atoms with E-state index in [9.17, 15) is 39.6 Å². The first-order chi connectivity index (χ1) is 20.5. The highest BCUT2D eigenvalue weighted by atomic mass is 35.5. The van der Waals surface area contributed by atoms with Crippen molar-refractivity contribution >= 4 is 61.6 Å². The van der Waals surface area contributed by atoms with Crippen molar-refractivity contribution in [1.82, 2.24) is 19.8 Å². The van der Waals surface area contributed by atoms with Gasteiger partial charge in [0.05, 0.1) is 22.0 Å². The largest absolute Gasteiger partial charge is 0.490 e. The summed E-state index contributed by atoms with van der Waals surface area (Å²) in [7, 11) is -1.48. The lowest BCUT2D eigenvalue weighted by Gasteiger charge is -2.32. The van der Waals surface area contributed by atoms with Crippen LogP contribution in [0.1, 0.15) is 19.0 Å². The van der Waals surface area contributed by atoms with Crippen LogP contribution >= 0.6 is 22.9 Å². The molecule has 3 rings (SSSR count). The number of sulfonamides is 1. The fourth-order valence-electron chi connectivity index (χ4n) is 3.28. The van der Waals surface area contributed by atoms with Crippen LogP contribution in [-0.4, -0.2) is 114 Å². The molecule has 1 aliphatic rings. The summed E-state index contributed by atoms with van der Waals surface area (Å²) in [5.74, 6) is -5.72. The normalized spacial score (nSPS) is 14.4. The van der Waals surface area contributed by atoms with Crippen molar-refractivity contribution in [2.45, 2.75) is 32.6 Å². The van der Waals surface area contributed by atoms with E-state index in [0.717, 1.165) is 37.6 Å². The van der Waals surface area contributed by atoms with E-state index in [1.165, 1.54) is 18.3 Å². The average Bonchev–Trinajstić information content (AvgIpc) is 3.25. The van der Waals surface area contributed by atoms with E-state index < -0.39 is 34.3 Å². The number of carbonyl (C=O) groups excluding carboxylic acids is 1. The van der Waals surface area contributed by atoms with Gasteiger partial charge in [-0.1, -0.05) is 22.9 Å². The molecule has 45 heavy (non-hydrogen) atoms. The van der Waals surface area contributed by atoms with Gasteiger partial charge in [0.25, 0.3) is 0 Å². The van der Waals surface area contributed by atoms with Crippen LogP contribution in [-0.2, 0) is 24.4 Å². The number of pyridine rings is 1. The van der Waals surface area contributed by atoms with E-state index in [4.69, 9.17) is 31.4 Å². The third-order valence-corrected chi connectivity index (χ3v) is 8.19. The number of carboxylic acids is 2. The molecule has 0 saturated carbocycles. The number of aryl methyl sites for hydroxylation is 1. The lowest BCUT2D eigenvalue weighted by Crippen LogP contribution is -2.45. The van der Waals surface area contributed by atoms with Gasteiger partial charge in [-0.2, -0.15) is 26.3 Å². The monoisotopic (exact) mass is 714 g/mol. The van der Waals surface area contributed by atoms with E-state index in [-0.39, 0.29) is 22.5 Å². The maximum absolute atomic E-state index is 12.6. The first-order valence-electron chi connectivity index (χ1n) is 12.4. The molecule has 0 atom stereocenters. The van der Waals surface area contributed by atoms with Crippen LogP contribution < -0.4 is 10.0 Å². The first kappa shape index (κ1) is 39.8. The Morgan fingerprint density at radius 1 is 1.04 bits per heavy atom. The number of hydrogen-bond donors (Lipinski definition) is 4. The smallest absolute Gasteiger partial charge is 0.475 e. The molecule has 1 saturated heterocycles. The summed E-state index contributed by atoms with van der Waals surface area (Å²) in [6, 6.07) is 1.64. The topological polar surface area (TPSA) is 182 Å². The van der Waals surface area contributed by atoms with Crippen LogP contribution in [0.3, 0.4) is 0 Å². The molecule has 0 radical (unpaired) electrons. The number of aromatic nitrogens is 2. The summed E-state index contributed by atoms with van der Waals surface area (Å²) in [6.45, 7) is 7.88. The van der Waals surface area contributed by atoms with E-state index >= 15 is 0 Å². The Labute approximate surface area is 262 Å². The number of nitrogens with zero attached hydrogens (tertiary/aromatic N) is 4. The van der Waals surface area contributed by atoms with Gasteiger partial charge in [0, 0.05) is 44.9 Å². The number of aliphatic carboxylic acids is 2. The van der Waals surface area contributed by atoms with Gasteiger partial charge in [-0.3, -0.25) is 9.52 Å². The van der Waals surface area contributed by atoms with Crippen molar-refractivity contribution in [1.29, 1.82) is 0 Å². The minimum Gasteiger partial charge on any atom is -0.475 e. The third-order valence-electron chi connectivity index (χ3n) is 5.41. The van der Waals surface area contributed by atoms with Crippen molar-refractivity contribution in [3.63, 3.8) is 0 Å². The van der Waals surface area contributed by atoms with Crippen LogP contribution in [0.2, 0.25) is 5.15 Å². The van der Waals surface area contributed by atoms with Crippen molar-refractivity contribution in [2.24, 2.45) is 0 Å². The quantitative estimate of drug-likeness (QED) is 0.231. The molecule has 13 nitrogen and oxygen atoms in total. The SMILES string of the molecule is CC(=O)Nc1nc(C)c(-c2cnc(Cl)c(NS(=O)(=O)CCCN3CCN(C)CC3)c2)s1.O=C(O)C(F)(F)F.O=C(O)C(F)(F)F. The average molecular weight is 715 g/mol. The van der Waals surface area contributed by atoms with Crippen LogP contribution in [0.15, 0.2) is 12.3 Å². The summed E-state index contributed by atoms with van der Waals surface area (Å²) in [4.78, 5) is 42.8. The van der Waals surface area contributed by atoms with Crippen molar-refractivity contribution in [3.8, 4) is 10.4 Å². The Hall–Kier alpha value is -3.27. The summed E-state index contributed by atoms with van der Waals surface area (Å²) in [5.41, 5.74) is 1.61. The van der Waals surface area contributed by atoms with Crippen molar-refractivity contribution < 1.29 is 59.4 Å². The van der Waals surface area contributed by atoms with Crippen molar-refractivity contribution in [2.75, 3.05) is 55.6 Å². The number of nitrogens with one attached hydrogen (secondary N) is 2. The number of anilines is 2. The molecule has 4 N–H and O–H groups in total. The molecule has 1 aliphatic heterocycles. The van der Waals surface area contributed by atoms with Crippen LogP contribution in [0.25, 0.3) is 10.4 Å². The molecule has 2 aromatic heterocycles. The highest BCUT2D eigenvalue weighted by Gasteiger charge is 2.38. The number of thiazole rings is 1.